The smallest absolute Gasteiger partial charge is 0.339 e. The van der Waals surface area contributed by atoms with E-state index in [9.17, 15) is 14.7 Å². The summed E-state index contributed by atoms with van der Waals surface area (Å²) in [6, 6.07) is 0. The lowest BCUT2D eigenvalue weighted by atomic mass is 9.95. The van der Waals surface area contributed by atoms with E-state index in [0.29, 0.717) is 5.00 Å². The Balaban J connectivity index is 2.40. The van der Waals surface area contributed by atoms with Crippen LogP contribution in [0.25, 0.3) is 0 Å². The number of aromatic carboxylic acids is 1. The van der Waals surface area contributed by atoms with Crippen molar-refractivity contribution < 1.29 is 14.7 Å². The molecule has 0 atom stereocenters. The Bertz CT molecular complexity index is 470. The van der Waals surface area contributed by atoms with Gasteiger partial charge in [-0.2, -0.15) is 0 Å². The Morgan fingerprint density at radius 3 is 2.71 bits per heavy atom. The van der Waals surface area contributed by atoms with E-state index in [2.05, 4.69) is 5.32 Å². The second-order valence-electron chi connectivity index (χ2n) is 3.90. The van der Waals surface area contributed by atoms with Crippen molar-refractivity contribution in [2.75, 3.05) is 11.2 Å². The summed E-state index contributed by atoms with van der Waals surface area (Å²) in [6.07, 6.45) is 3.77. The third kappa shape index (κ3) is 2.45. The van der Waals surface area contributed by atoms with Gasteiger partial charge in [-0.05, 0) is 31.2 Å². The average molecular weight is 274 g/mol. The molecule has 92 valence electrons. The Morgan fingerprint density at radius 2 is 2.06 bits per heavy atom. The minimum Gasteiger partial charge on any atom is -0.478 e. The number of aryl methyl sites for hydroxylation is 1. The number of carbonyl (C=O) groups excluding carboxylic acids is 1. The van der Waals surface area contributed by atoms with Crippen molar-refractivity contribution in [2.24, 2.45) is 0 Å². The zero-order valence-electron chi connectivity index (χ0n) is 9.09. The van der Waals surface area contributed by atoms with Crippen LogP contribution in [-0.4, -0.2) is 22.9 Å². The van der Waals surface area contributed by atoms with Crippen LogP contribution in [0.1, 0.15) is 33.6 Å². The van der Waals surface area contributed by atoms with Crippen LogP contribution < -0.4 is 5.32 Å². The van der Waals surface area contributed by atoms with Crippen LogP contribution in [0.5, 0.6) is 0 Å². The molecule has 17 heavy (non-hydrogen) atoms. The minimum atomic E-state index is -0.978. The van der Waals surface area contributed by atoms with Gasteiger partial charge < -0.3 is 10.4 Å². The molecular weight excluding hydrogens is 262 g/mol. The van der Waals surface area contributed by atoms with E-state index in [1.54, 1.807) is 0 Å². The number of carbonyl (C=O) groups is 2. The summed E-state index contributed by atoms with van der Waals surface area (Å²) in [5.74, 6) is -1.51. The van der Waals surface area contributed by atoms with Gasteiger partial charge in [0.1, 0.15) is 10.9 Å². The molecule has 0 radical (unpaired) electrons. The van der Waals surface area contributed by atoms with Crippen LogP contribution >= 0.6 is 22.9 Å². The van der Waals surface area contributed by atoms with Crippen LogP contribution in [0.2, 0.25) is 0 Å². The SMILES string of the molecule is O=C(CCl)Nc1sc2c(c1C(=O)O)CCCC2. The van der Waals surface area contributed by atoms with Gasteiger partial charge in [0, 0.05) is 4.88 Å². The Kier molecular flexibility index (Phi) is 3.69. The van der Waals surface area contributed by atoms with E-state index in [0.717, 1.165) is 36.1 Å². The second kappa shape index (κ2) is 5.06. The highest BCUT2D eigenvalue weighted by Gasteiger charge is 2.25. The maximum absolute atomic E-state index is 11.2. The average Bonchev–Trinajstić information content (AvgIpc) is 2.66. The molecule has 1 aromatic heterocycles. The van der Waals surface area contributed by atoms with Crippen LogP contribution in [0.4, 0.5) is 5.00 Å². The summed E-state index contributed by atoms with van der Waals surface area (Å²) in [5.41, 5.74) is 1.14. The number of hydrogen-bond donors (Lipinski definition) is 2. The first-order valence-corrected chi connectivity index (χ1v) is 6.72. The molecule has 1 aromatic rings. The summed E-state index contributed by atoms with van der Waals surface area (Å²) in [5, 5.41) is 12.2. The van der Waals surface area contributed by atoms with Crippen molar-refractivity contribution in [2.45, 2.75) is 25.7 Å². The van der Waals surface area contributed by atoms with E-state index >= 15 is 0 Å². The molecule has 0 bridgehead atoms. The maximum atomic E-state index is 11.2. The van der Waals surface area contributed by atoms with Gasteiger partial charge in [0.05, 0.1) is 5.56 Å². The van der Waals surface area contributed by atoms with Gasteiger partial charge in [0.2, 0.25) is 5.91 Å². The predicted octanol–water partition coefficient (Wildman–Crippen LogP) is 2.50. The highest BCUT2D eigenvalue weighted by molar-refractivity contribution is 7.17. The molecule has 0 unspecified atom stereocenters. The number of rotatable bonds is 3. The molecule has 0 saturated carbocycles. The van der Waals surface area contributed by atoms with Crippen molar-refractivity contribution >= 4 is 39.8 Å². The van der Waals surface area contributed by atoms with E-state index < -0.39 is 5.97 Å². The molecule has 2 N–H and O–H groups in total. The van der Waals surface area contributed by atoms with E-state index in [1.165, 1.54) is 11.3 Å². The fourth-order valence-corrected chi connectivity index (χ4v) is 3.40. The molecule has 1 heterocycles. The van der Waals surface area contributed by atoms with Crippen molar-refractivity contribution in [3.63, 3.8) is 0 Å². The molecule has 4 nitrogen and oxygen atoms in total. The van der Waals surface area contributed by atoms with Crippen molar-refractivity contribution in [3.05, 3.63) is 16.0 Å². The summed E-state index contributed by atoms with van der Waals surface area (Å²) < 4.78 is 0. The number of nitrogens with one attached hydrogen (secondary N) is 1. The molecule has 0 aromatic carbocycles. The van der Waals surface area contributed by atoms with Crippen molar-refractivity contribution in [1.29, 1.82) is 0 Å². The van der Waals surface area contributed by atoms with Crippen molar-refractivity contribution in [1.82, 2.24) is 0 Å². The number of alkyl halides is 1. The lowest BCUT2D eigenvalue weighted by molar-refractivity contribution is -0.113. The van der Waals surface area contributed by atoms with Crippen LogP contribution in [0, 0.1) is 0 Å². The number of hydrogen-bond acceptors (Lipinski definition) is 3. The molecule has 0 aliphatic heterocycles. The fourth-order valence-electron chi connectivity index (χ4n) is 2.04. The quantitative estimate of drug-likeness (QED) is 0.832. The van der Waals surface area contributed by atoms with Gasteiger partial charge in [-0.1, -0.05) is 0 Å². The van der Waals surface area contributed by atoms with Crippen LogP contribution in [0.3, 0.4) is 0 Å². The molecular formula is C11H12ClNO3S. The van der Waals surface area contributed by atoms with Crippen LogP contribution in [-0.2, 0) is 17.6 Å². The molecule has 1 amide bonds. The lowest BCUT2D eigenvalue weighted by Crippen LogP contribution is -2.14. The van der Waals surface area contributed by atoms with Gasteiger partial charge in [0.25, 0.3) is 0 Å². The first kappa shape index (κ1) is 12.4. The van der Waals surface area contributed by atoms with Gasteiger partial charge in [-0.25, -0.2) is 4.79 Å². The molecule has 2 rings (SSSR count). The number of thiophene rings is 1. The number of amides is 1. The van der Waals surface area contributed by atoms with Gasteiger partial charge >= 0.3 is 5.97 Å². The first-order chi connectivity index (χ1) is 8.13. The maximum Gasteiger partial charge on any atom is 0.339 e. The zero-order chi connectivity index (χ0) is 12.4. The normalized spacial score (nSPS) is 14.2. The molecule has 0 saturated heterocycles. The topological polar surface area (TPSA) is 66.4 Å². The predicted molar refractivity (Wildman–Crippen MR) is 67.3 cm³/mol. The minimum absolute atomic E-state index is 0.165. The summed E-state index contributed by atoms with van der Waals surface area (Å²) in [6.45, 7) is 0. The van der Waals surface area contributed by atoms with Crippen LogP contribution in [0.15, 0.2) is 0 Å². The van der Waals surface area contributed by atoms with E-state index in [-0.39, 0.29) is 17.4 Å². The van der Waals surface area contributed by atoms with Gasteiger partial charge in [-0.3, -0.25) is 4.79 Å². The molecule has 0 fully saturated rings. The van der Waals surface area contributed by atoms with E-state index in [4.69, 9.17) is 11.6 Å². The Labute approximate surface area is 108 Å². The van der Waals surface area contributed by atoms with E-state index in [1.807, 2.05) is 0 Å². The summed E-state index contributed by atoms with van der Waals surface area (Å²) in [4.78, 5) is 23.6. The standard InChI is InChI=1S/C11H12ClNO3S/c12-5-8(14)13-10-9(11(15)16)6-3-1-2-4-7(6)17-10/h1-5H2,(H,13,14)(H,15,16). The van der Waals surface area contributed by atoms with Gasteiger partial charge in [-0.15, -0.1) is 22.9 Å². The largest absolute Gasteiger partial charge is 0.478 e. The molecule has 1 aliphatic carbocycles. The first-order valence-electron chi connectivity index (χ1n) is 5.37. The Morgan fingerprint density at radius 1 is 1.35 bits per heavy atom. The van der Waals surface area contributed by atoms with Gasteiger partial charge in [0.15, 0.2) is 0 Å². The number of carboxylic acids is 1. The number of fused-ring (bicyclic) bond motifs is 1. The fraction of sp³-hybridized carbons (Fsp3) is 0.455. The highest BCUT2D eigenvalue weighted by Crippen LogP contribution is 2.38. The third-order valence-electron chi connectivity index (χ3n) is 2.76. The monoisotopic (exact) mass is 273 g/mol. The lowest BCUT2D eigenvalue weighted by Gasteiger charge is -2.10. The molecule has 6 heteroatoms. The third-order valence-corrected chi connectivity index (χ3v) is 4.21. The molecule has 0 spiro atoms. The molecule has 1 aliphatic rings. The second-order valence-corrected chi connectivity index (χ2v) is 5.27. The number of anilines is 1. The zero-order valence-corrected chi connectivity index (χ0v) is 10.7. The summed E-state index contributed by atoms with van der Waals surface area (Å²) >= 11 is 6.77. The summed E-state index contributed by atoms with van der Waals surface area (Å²) in [7, 11) is 0. The highest BCUT2D eigenvalue weighted by atomic mass is 35.5. The Hall–Kier alpha value is -1.07. The van der Waals surface area contributed by atoms with Crippen molar-refractivity contribution in [3.8, 4) is 0 Å². The number of halogens is 1. The number of carboxylic acid groups (broad SMARTS) is 1.